The zero-order valence-electron chi connectivity index (χ0n) is 14.8. The maximum atomic E-state index is 12.1. The molecule has 0 saturated carbocycles. The molecule has 7 nitrogen and oxygen atoms in total. The van der Waals surface area contributed by atoms with Gasteiger partial charge < -0.3 is 25.0 Å². The molecule has 0 aliphatic carbocycles. The van der Waals surface area contributed by atoms with Gasteiger partial charge in [-0.15, -0.1) is 0 Å². The van der Waals surface area contributed by atoms with E-state index in [0.717, 1.165) is 12.8 Å². The van der Waals surface area contributed by atoms with E-state index in [2.05, 4.69) is 5.32 Å². The van der Waals surface area contributed by atoms with Crippen LogP contribution in [0.2, 0.25) is 0 Å². The molecule has 0 radical (unpaired) electrons. The number of urea groups is 1. The Hall–Kier alpha value is -1.50. The predicted octanol–water partition coefficient (Wildman–Crippen LogP) is 1.66. The Morgan fingerprint density at radius 1 is 1.39 bits per heavy atom. The monoisotopic (exact) mass is 329 g/mol. The molecule has 0 aromatic rings. The Morgan fingerprint density at radius 3 is 2.65 bits per heavy atom. The van der Waals surface area contributed by atoms with E-state index in [1.165, 1.54) is 0 Å². The van der Waals surface area contributed by atoms with Gasteiger partial charge in [0.05, 0.1) is 0 Å². The molecule has 1 aliphatic heterocycles. The van der Waals surface area contributed by atoms with E-state index in [9.17, 15) is 14.7 Å². The fraction of sp³-hybridized carbons (Fsp3) is 0.875. The third-order valence-corrected chi connectivity index (χ3v) is 3.76. The number of likely N-dealkylation sites (N-methyl/N-ethyl adjacent to an activating group) is 1. The van der Waals surface area contributed by atoms with E-state index in [4.69, 9.17) is 4.74 Å². The van der Waals surface area contributed by atoms with Crippen molar-refractivity contribution < 1.29 is 19.4 Å². The molecule has 1 rings (SSSR count). The highest BCUT2D eigenvalue weighted by molar-refractivity contribution is 5.74. The third kappa shape index (κ3) is 7.07. The number of carbonyl (C=O) groups excluding carboxylic acids is 2. The van der Waals surface area contributed by atoms with Gasteiger partial charge in [0.1, 0.15) is 5.60 Å². The number of aliphatic hydroxyl groups excluding tert-OH is 1. The molecule has 7 heteroatoms. The van der Waals surface area contributed by atoms with Gasteiger partial charge in [-0.05, 0) is 46.5 Å². The minimum absolute atomic E-state index is 0.117. The quantitative estimate of drug-likeness (QED) is 0.803. The molecular weight excluding hydrogens is 298 g/mol. The van der Waals surface area contributed by atoms with Gasteiger partial charge in [0.15, 0.2) is 0 Å². The van der Waals surface area contributed by atoms with E-state index >= 15 is 0 Å². The number of ether oxygens (including phenoxy) is 1. The molecule has 2 N–H and O–H groups in total. The molecule has 3 amide bonds. The fourth-order valence-corrected chi connectivity index (χ4v) is 2.51. The Morgan fingerprint density at radius 2 is 2.09 bits per heavy atom. The summed E-state index contributed by atoms with van der Waals surface area (Å²) in [5.41, 5.74) is -0.527. The average molecular weight is 329 g/mol. The molecule has 134 valence electrons. The lowest BCUT2D eigenvalue weighted by molar-refractivity contribution is 0.0261. The summed E-state index contributed by atoms with van der Waals surface area (Å²) < 4.78 is 5.33. The van der Waals surface area contributed by atoms with E-state index < -0.39 is 5.60 Å². The Balaban J connectivity index is 2.36. The second-order valence-corrected chi connectivity index (χ2v) is 6.93. The summed E-state index contributed by atoms with van der Waals surface area (Å²) in [5.74, 6) is 0.170. The van der Waals surface area contributed by atoms with Gasteiger partial charge in [0.2, 0.25) is 0 Å². The zero-order chi connectivity index (χ0) is 17.5. The summed E-state index contributed by atoms with van der Waals surface area (Å²) in [6.07, 6.45) is 1.51. The summed E-state index contributed by atoms with van der Waals surface area (Å²) in [6, 6.07) is -0.136. The molecular formula is C16H31N3O4. The molecule has 0 aromatic carbocycles. The maximum Gasteiger partial charge on any atom is 0.410 e. The number of hydrogen-bond acceptors (Lipinski definition) is 4. The first-order chi connectivity index (χ1) is 10.8. The highest BCUT2D eigenvalue weighted by Gasteiger charge is 2.24. The number of rotatable bonds is 5. The largest absolute Gasteiger partial charge is 0.444 e. The summed E-state index contributed by atoms with van der Waals surface area (Å²) >= 11 is 0. The van der Waals surface area contributed by atoms with Crippen molar-refractivity contribution in [2.45, 2.75) is 46.1 Å². The smallest absolute Gasteiger partial charge is 0.410 e. The second-order valence-electron chi connectivity index (χ2n) is 6.93. The summed E-state index contributed by atoms with van der Waals surface area (Å²) in [6.45, 7) is 10.1. The van der Waals surface area contributed by atoms with Crippen molar-refractivity contribution in [1.82, 2.24) is 15.1 Å². The highest BCUT2D eigenvalue weighted by atomic mass is 16.6. The number of nitrogens with zero attached hydrogens (tertiary/aromatic N) is 2. The van der Waals surface area contributed by atoms with Gasteiger partial charge in [-0.3, -0.25) is 0 Å². The molecule has 1 aliphatic rings. The molecule has 0 aromatic heterocycles. The maximum absolute atomic E-state index is 12.1. The van der Waals surface area contributed by atoms with E-state index in [1.807, 2.05) is 27.7 Å². The van der Waals surface area contributed by atoms with Crippen LogP contribution < -0.4 is 5.32 Å². The number of aliphatic hydroxyl groups is 1. The first-order valence-corrected chi connectivity index (χ1v) is 8.38. The molecule has 0 spiro atoms. The number of piperidine rings is 1. The van der Waals surface area contributed by atoms with E-state index in [1.54, 1.807) is 9.80 Å². The number of hydrogen-bond donors (Lipinski definition) is 2. The first-order valence-electron chi connectivity index (χ1n) is 8.38. The van der Waals surface area contributed by atoms with Crippen molar-refractivity contribution in [2.75, 3.05) is 39.3 Å². The Bertz CT molecular complexity index is 395. The van der Waals surface area contributed by atoms with Gasteiger partial charge in [-0.2, -0.15) is 0 Å². The van der Waals surface area contributed by atoms with Crippen molar-refractivity contribution in [2.24, 2.45) is 5.92 Å². The lowest BCUT2D eigenvalue weighted by Crippen LogP contribution is -2.48. The summed E-state index contributed by atoms with van der Waals surface area (Å²) in [5, 5.41) is 12.0. The van der Waals surface area contributed by atoms with Crippen molar-refractivity contribution in [3.8, 4) is 0 Å². The van der Waals surface area contributed by atoms with Crippen LogP contribution in [0, 0.1) is 5.92 Å². The van der Waals surface area contributed by atoms with Gasteiger partial charge in [-0.1, -0.05) is 0 Å². The molecule has 0 unspecified atom stereocenters. The lowest BCUT2D eigenvalue weighted by atomic mass is 9.99. The number of carbonyl (C=O) groups is 2. The number of amides is 3. The molecule has 1 atom stereocenters. The SMILES string of the molecule is CCN(CCNC(=O)N1CCC[C@H](CO)C1)C(=O)OC(C)(C)C. The summed E-state index contributed by atoms with van der Waals surface area (Å²) in [7, 11) is 0. The Labute approximate surface area is 139 Å². The average Bonchev–Trinajstić information content (AvgIpc) is 2.49. The molecule has 0 bridgehead atoms. The number of likely N-dealkylation sites (tertiary alicyclic amines) is 1. The second kappa shape index (κ2) is 8.96. The van der Waals surface area contributed by atoms with Crippen LogP contribution in [-0.4, -0.2) is 72.0 Å². The highest BCUT2D eigenvalue weighted by Crippen LogP contribution is 2.15. The first kappa shape index (κ1) is 19.5. The van der Waals surface area contributed by atoms with Crippen LogP contribution in [-0.2, 0) is 4.74 Å². The summed E-state index contributed by atoms with van der Waals surface area (Å²) in [4.78, 5) is 27.4. The van der Waals surface area contributed by atoms with Gasteiger partial charge in [0, 0.05) is 39.3 Å². The molecule has 23 heavy (non-hydrogen) atoms. The molecule has 1 fully saturated rings. The molecule has 1 heterocycles. The standard InChI is InChI=1S/C16H31N3O4/c1-5-18(15(22)23-16(2,3)4)10-8-17-14(21)19-9-6-7-13(11-19)12-20/h13,20H,5-12H2,1-4H3,(H,17,21)/t13-/m0/s1. The van der Waals surface area contributed by atoms with Crippen LogP contribution in [0.4, 0.5) is 9.59 Å². The Kier molecular flexibility index (Phi) is 7.61. The normalized spacial score (nSPS) is 18.5. The minimum Gasteiger partial charge on any atom is -0.444 e. The lowest BCUT2D eigenvalue weighted by Gasteiger charge is -2.32. The van der Waals surface area contributed by atoms with E-state index in [0.29, 0.717) is 32.7 Å². The van der Waals surface area contributed by atoms with Crippen LogP contribution in [0.25, 0.3) is 0 Å². The molecule has 1 saturated heterocycles. The van der Waals surface area contributed by atoms with Crippen LogP contribution in [0.15, 0.2) is 0 Å². The minimum atomic E-state index is -0.527. The van der Waals surface area contributed by atoms with Crippen LogP contribution in [0.1, 0.15) is 40.5 Å². The fourth-order valence-electron chi connectivity index (χ4n) is 2.51. The van der Waals surface area contributed by atoms with Gasteiger partial charge >= 0.3 is 12.1 Å². The van der Waals surface area contributed by atoms with Crippen molar-refractivity contribution in [3.05, 3.63) is 0 Å². The van der Waals surface area contributed by atoms with Crippen molar-refractivity contribution in [3.63, 3.8) is 0 Å². The zero-order valence-corrected chi connectivity index (χ0v) is 14.8. The van der Waals surface area contributed by atoms with Crippen LogP contribution in [0.3, 0.4) is 0 Å². The van der Waals surface area contributed by atoms with Crippen LogP contribution >= 0.6 is 0 Å². The van der Waals surface area contributed by atoms with Gasteiger partial charge in [0.25, 0.3) is 0 Å². The topological polar surface area (TPSA) is 82.1 Å². The predicted molar refractivity (Wildman–Crippen MR) is 88.3 cm³/mol. The van der Waals surface area contributed by atoms with E-state index in [-0.39, 0.29) is 24.6 Å². The van der Waals surface area contributed by atoms with Crippen molar-refractivity contribution in [1.29, 1.82) is 0 Å². The number of nitrogens with one attached hydrogen (secondary N) is 1. The van der Waals surface area contributed by atoms with Crippen molar-refractivity contribution >= 4 is 12.1 Å². The van der Waals surface area contributed by atoms with Gasteiger partial charge in [-0.25, -0.2) is 9.59 Å². The third-order valence-electron chi connectivity index (χ3n) is 3.76. The van der Waals surface area contributed by atoms with Crippen LogP contribution in [0.5, 0.6) is 0 Å².